The molecule has 0 bridgehead atoms. The molecule has 0 amide bonds. The Morgan fingerprint density at radius 3 is 1.02 bits per heavy atom. The Morgan fingerprint density at radius 1 is 0.453 bits per heavy atom. The molecule has 0 radical (unpaired) electrons. The number of rotatable bonds is 10. The van der Waals surface area contributed by atoms with Crippen LogP contribution in [0.3, 0.4) is 0 Å². The van der Waals surface area contributed by atoms with Gasteiger partial charge in [0.25, 0.3) is 0 Å². The van der Waals surface area contributed by atoms with E-state index in [2.05, 4.69) is 171 Å². The number of fused-ring (bicyclic) bond motifs is 8. The highest BCUT2D eigenvalue weighted by atomic mass is 32.1. The fraction of sp³-hybridized carbons (Fsp3) is 0.372. The lowest BCUT2D eigenvalue weighted by Crippen LogP contribution is -2.24. The van der Waals surface area contributed by atoms with Gasteiger partial charge in [-0.3, -0.25) is 4.79 Å². The average molecular weight is 1290 g/mol. The highest BCUT2D eigenvalue weighted by molar-refractivity contribution is 7.80. The first-order chi connectivity index (χ1) is 46.4. The number of aldehydes is 1. The van der Waals surface area contributed by atoms with Crippen LogP contribution >= 0.6 is 12.6 Å². The Balaban J connectivity index is 0.000000118. The normalized spacial score (nSPS) is 18.3. The topological polar surface area (TPSA) is 137 Å². The van der Waals surface area contributed by atoms with E-state index in [1.807, 2.05) is 61.7 Å². The van der Waals surface area contributed by atoms with Crippen LogP contribution in [0.4, 0.5) is 0 Å². The summed E-state index contributed by atoms with van der Waals surface area (Å²) in [6, 6.07) is 67.5. The smallest absolute Gasteiger partial charge is 0.141 e. The maximum atomic E-state index is 10.9. The minimum Gasteiger partial charge on any atom is -0.504 e. The van der Waals surface area contributed by atoms with Gasteiger partial charge in [-0.25, -0.2) is 0 Å². The highest BCUT2D eigenvalue weighted by Crippen LogP contribution is 2.36. The van der Waals surface area contributed by atoms with Crippen LogP contribution in [0.25, 0.3) is 0 Å². The lowest BCUT2D eigenvalue weighted by molar-refractivity contribution is -0.117. The van der Waals surface area contributed by atoms with Crippen molar-refractivity contribution in [2.75, 3.05) is 26.1 Å². The molecule has 8 aromatic carbocycles. The van der Waals surface area contributed by atoms with Gasteiger partial charge in [-0.05, 0) is 220 Å². The number of methoxy groups -OCH3 is 1. The predicted octanol–water partition coefficient (Wildman–Crippen LogP) is 14.3. The summed E-state index contributed by atoms with van der Waals surface area (Å²) in [6.45, 7) is 6.75. The van der Waals surface area contributed by atoms with Gasteiger partial charge in [-0.2, -0.15) is 12.6 Å². The molecule has 17 rings (SSSR count). The third-order valence-electron chi connectivity index (χ3n) is 20.5. The summed E-state index contributed by atoms with van der Waals surface area (Å²) in [7, 11) is 1.70. The molecule has 9 aliphatic rings. The molecule has 4 atom stereocenters. The molecule has 95 heavy (non-hydrogen) atoms. The Labute approximate surface area is 570 Å². The van der Waals surface area contributed by atoms with Crippen molar-refractivity contribution in [3.8, 4) is 0 Å². The zero-order valence-corrected chi connectivity index (χ0v) is 56.6. The summed E-state index contributed by atoms with van der Waals surface area (Å²) in [6.07, 6.45) is 21.6. The number of hydrogen-bond donors (Lipinski definition) is 5. The molecule has 496 valence electrons. The van der Waals surface area contributed by atoms with Crippen LogP contribution < -0.4 is 0 Å². The van der Waals surface area contributed by atoms with Crippen molar-refractivity contribution in [3.05, 3.63) is 308 Å². The summed E-state index contributed by atoms with van der Waals surface area (Å²) >= 11 is 4.12. The molecule has 0 aromatic heterocycles. The number of aliphatic hydroxyl groups is 4. The molecular weight excluding hydrogens is 1190 g/mol. The van der Waals surface area contributed by atoms with Gasteiger partial charge in [0.2, 0.25) is 0 Å². The van der Waals surface area contributed by atoms with E-state index < -0.39 is 6.10 Å². The third-order valence-corrected chi connectivity index (χ3v) is 20.8. The van der Waals surface area contributed by atoms with Crippen LogP contribution in [0.1, 0.15) is 102 Å². The van der Waals surface area contributed by atoms with E-state index in [1.165, 1.54) is 120 Å². The summed E-state index contributed by atoms with van der Waals surface area (Å²) < 4.78 is 10.3. The number of ketones is 1. The molecular formula is C86H98O8S. The molecule has 8 nitrogen and oxygen atoms in total. The molecule has 1 aliphatic heterocycles. The van der Waals surface area contributed by atoms with Crippen molar-refractivity contribution in [3.63, 3.8) is 0 Å². The summed E-state index contributed by atoms with van der Waals surface area (Å²) in [5, 5.41) is 37.7. The first-order valence-electron chi connectivity index (χ1n) is 34.6. The standard InChI is InChI=1S/C12H16O.C11H14O2.C11H14OS.2C11H12O.C11H12.C10H10O.C9H8O/c1-2-12(13)11-7-9-5-3-4-6-10(9)8-11;12-7-11(13)10-5-8-3-1-2-4-9(8)6-10;12-11(7-13)10-5-8-3-1-2-4-9(8)6-10;1-2-4-9-6-10(11-7-12-11)5-8(9)3-1;1-12-8-9-6-10-4-2-3-5-11(10)7-9;1-2-9-7-10-5-3-4-6-11(10)8-9;11-7-8-5-9-3-1-2-4-10(9)6-8;10-9-5-7-3-1-2-4-8(7)6-9/h3-6,11-13H,2,7-8H2,1H3;2*1-4,10-13H,5-7H2;1-4,10-11H,5-7H2;2-5,8H,6-7H2,1H3;2-6,9H,1,7-8H2;1-4,7-8H,5-6H2;1-4H,5-6H2/t12-;3*11-;;;;/m1111..../s1. The van der Waals surface area contributed by atoms with Crippen molar-refractivity contribution in [1.29, 1.82) is 0 Å². The summed E-state index contributed by atoms with van der Waals surface area (Å²) in [5.74, 6) is 3.68. The Hall–Kier alpha value is -7.47. The van der Waals surface area contributed by atoms with E-state index in [0.717, 1.165) is 89.4 Å². The SMILES string of the molecule is C=CC1Cc2ccccc2C1.CC[C@@H](O)C1Cc2ccccc2C1.COC=C1Cc2ccccc2C1.O=C1Cc2ccccc2C1.O=CC1Cc2ccccc2C1.OC[C@@H](O)C1Cc2ccccc2C1.O[C@H](CS)C1Cc2ccccc2C1.c1ccc2c(c1)CC([C@H]1CO1)C2. The van der Waals surface area contributed by atoms with Gasteiger partial charge in [0.05, 0.1) is 51.0 Å². The molecule has 4 N–H and O–H groups in total. The molecule has 8 aromatic rings. The minimum atomic E-state index is -0.563. The molecule has 0 unspecified atom stereocenters. The van der Waals surface area contributed by atoms with Crippen LogP contribution in [0.5, 0.6) is 0 Å². The average Bonchev–Trinajstić information content (AvgIpc) is 1.73. The van der Waals surface area contributed by atoms with E-state index in [1.54, 1.807) is 7.11 Å². The van der Waals surface area contributed by atoms with Gasteiger partial charge < -0.3 is 34.7 Å². The van der Waals surface area contributed by atoms with Crippen molar-refractivity contribution < 1.29 is 39.5 Å². The van der Waals surface area contributed by atoms with Gasteiger partial charge in [0.1, 0.15) is 12.1 Å². The van der Waals surface area contributed by atoms with Gasteiger partial charge >= 0.3 is 0 Å². The second-order valence-corrected chi connectivity index (χ2v) is 27.5. The number of hydrogen-bond acceptors (Lipinski definition) is 9. The number of Topliss-reactive ketones (excluding diaryl/α,β-unsaturated/α-hetero) is 1. The third kappa shape index (κ3) is 19.8. The number of aliphatic hydroxyl groups excluding tert-OH is 4. The molecule has 8 aliphatic carbocycles. The van der Waals surface area contributed by atoms with E-state index >= 15 is 0 Å². The summed E-state index contributed by atoms with van der Waals surface area (Å²) in [4.78, 5) is 21.4. The van der Waals surface area contributed by atoms with Gasteiger partial charge in [-0.15, -0.1) is 6.58 Å². The van der Waals surface area contributed by atoms with Crippen molar-refractivity contribution >= 4 is 24.7 Å². The fourth-order valence-electron chi connectivity index (χ4n) is 15.0. The van der Waals surface area contributed by atoms with E-state index in [9.17, 15) is 24.9 Å². The quantitative estimate of drug-likeness (QED) is 0.0300. The monoisotopic (exact) mass is 1290 g/mol. The summed E-state index contributed by atoms with van der Waals surface area (Å²) in [5.41, 5.74) is 23.8. The van der Waals surface area contributed by atoms with Gasteiger partial charge in [0, 0.05) is 24.5 Å². The second-order valence-electron chi connectivity index (χ2n) is 27.1. The first kappa shape index (κ1) is 70.3. The van der Waals surface area contributed by atoms with Crippen LogP contribution in [0.15, 0.2) is 219 Å². The highest BCUT2D eigenvalue weighted by Gasteiger charge is 2.36. The van der Waals surface area contributed by atoms with E-state index in [-0.39, 0.29) is 30.7 Å². The largest absolute Gasteiger partial charge is 0.504 e. The number of ether oxygens (including phenoxy) is 2. The number of carbonyl (C=O) groups is 2. The van der Waals surface area contributed by atoms with Gasteiger partial charge in [0.15, 0.2) is 0 Å². The van der Waals surface area contributed by atoms with Crippen LogP contribution in [-0.4, -0.2) is 83.0 Å². The lowest BCUT2D eigenvalue weighted by Gasteiger charge is -2.14. The number of benzene rings is 8. The first-order valence-corrected chi connectivity index (χ1v) is 35.3. The molecule has 0 saturated carbocycles. The zero-order valence-electron chi connectivity index (χ0n) is 55.7. The maximum absolute atomic E-state index is 10.9. The van der Waals surface area contributed by atoms with Crippen LogP contribution in [-0.2, 0) is 122 Å². The minimum absolute atomic E-state index is 0.118. The predicted molar refractivity (Wildman–Crippen MR) is 387 cm³/mol. The van der Waals surface area contributed by atoms with E-state index in [0.29, 0.717) is 48.2 Å². The lowest BCUT2D eigenvalue weighted by atomic mass is 9.97. The Morgan fingerprint density at radius 2 is 0.737 bits per heavy atom. The van der Waals surface area contributed by atoms with Crippen molar-refractivity contribution in [2.45, 2.75) is 140 Å². The molecule has 1 saturated heterocycles. The number of allylic oxidation sites excluding steroid dienone is 2. The number of carbonyl (C=O) groups excluding carboxylic acids is 2. The number of epoxide rings is 1. The molecule has 1 heterocycles. The molecule has 9 heteroatoms. The molecule has 1 fully saturated rings. The van der Waals surface area contributed by atoms with Crippen molar-refractivity contribution in [2.24, 2.45) is 35.5 Å². The van der Waals surface area contributed by atoms with Crippen LogP contribution in [0.2, 0.25) is 0 Å². The van der Waals surface area contributed by atoms with Gasteiger partial charge in [-0.1, -0.05) is 207 Å². The van der Waals surface area contributed by atoms with Crippen molar-refractivity contribution in [1.82, 2.24) is 0 Å². The fourth-order valence-corrected chi connectivity index (χ4v) is 15.3. The Bertz CT molecular complexity index is 3400. The molecule has 0 spiro atoms. The zero-order chi connectivity index (χ0) is 66.5. The number of thiol groups is 1. The maximum Gasteiger partial charge on any atom is 0.141 e. The van der Waals surface area contributed by atoms with Crippen LogP contribution in [0, 0.1) is 35.5 Å². The van der Waals surface area contributed by atoms with E-state index in [4.69, 9.17) is 14.6 Å². The second kappa shape index (κ2) is 35.5. The Kier molecular flexibility index (Phi) is 26.3.